The summed E-state index contributed by atoms with van der Waals surface area (Å²) in [6.45, 7) is 8.03. The van der Waals surface area contributed by atoms with Crippen LogP contribution in [0.4, 0.5) is 13.2 Å². The highest BCUT2D eigenvalue weighted by Gasteiger charge is 2.69. The molecule has 4 rings (SSSR count). The maximum atomic E-state index is 13.6. The van der Waals surface area contributed by atoms with Crippen LogP contribution in [0.1, 0.15) is 66.7 Å². The molecule has 0 aromatic rings. The van der Waals surface area contributed by atoms with Gasteiger partial charge in [0.25, 0.3) is 0 Å². The molecule has 1 spiro atoms. The van der Waals surface area contributed by atoms with Gasteiger partial charge in [-0.25, -0.2) is 0 Å². The Labute approximate surface area is 216 Å². The van der Waals surface area contributed by atoms with Gasteiger partial charge < -0.3 is 15.5 Å². The van der Waals surface area contributed by atoms with Crippen LogP contribution in [0.2, 0.25) is 0 Å². The minimum absolute atomic E-state index is 0.0510. The van der Waals surface area contributed by atoms with Crippen LogP contribution in [-0.2, 0) is 14.4 Å². The number of fused-ring (bicyclic) bond motifs is 1. The zero-order valence-electron chi connectivity index (χ0n) is 22.2. The summed E-state index contributed by atoms with van der Waals surface area (Å²) in [5.41, 5.74) is -1.19. The van der Waals surface area contributed by atoms with Crippen LogP contribution in [0.5, 0.6) is 0 Å². The van der Waals surface area contributed by atoms with E-state index in [1.807, 2.05) is 13.8 Å². The van der Waals surface area contributed by atoms with Gasteiger partial charge in [0, 0.05) is 18.0 Å². The van der Waals surface area contributed by atoms with E-state index in [2.05, 4.69) is 22.0 Å². The van der Waals surface area contributed by atoms with Crippen molar-refractivity contribution in [2.24, 2.45) is 28.6 Å². The fourth-order valence-electron chi connectivity index (χ4n) is 6.75. The average molecular weight is 526 g/mol. The van der Waals surface area contributed by atoms with E-state index in [0.717, 1.165) is 19.3 Å². The molecule has 0 aromatic carbocycles. The van der Waals surface area contributed by atoms with E-state index in [9.17, 15) is 32.8 Å². The number of halogens is 3. The van der Waals surface area contributed by atoms with Gasteiger partial charge in [0.05, 0.1) is 18.7 Å². The number of amides is 3. The van der Waals surface area contributed by atoms with Gasteiger partial charge in [-0.1, -0.05) is 34.6 Å². The normalized spacial score (nSPS) is 31.1. The van der Waals surface area contributed by atoms with Crippen molar-refractivity contribution in [1.29, 1.82) is 5.26 Å². The van der Waals surface area contributed by atoms with Crippen LogP contribution in [0, 0.1) is 39.9 Å². The van der Waals surface area contributed by atoms with Crippen LogP contribution >= 0.6 is 0 Å². The molecule has 2 saturated carbocycles. The minimum Gasteiger partial charge on any atom is -0.350 e. The molecule has 2 heterocycles. The van der Waals surface area contributed by atoms with Crippen LogP contribution in [0.25, 0.3) is 0 Å². The van der Waals surface area contributed by atoms with E-state index in [-0.39, 0.29) is 47.6 Å². The first-order valence-electron chi connectivity index (χ1n) is 13.1. The maximum absolute atomic E-state index is 13.6. The number of likely N-dealkylation sites (tertiary alicyclic amines) is 1. The molecule has 0 bridgehead atoms. The number of nitrogens with zero attached hydrogens (tertiary/aromatic N) is 2. The number of carbonyl (C=O) groups is 3. The Balaban J connectivity index is 1.48. The van der Waals surface area contributed by atoms with Crippen molar-refractivity contribution in [2.75, 3.05) is 13.1 Å². The second kappa shape index (κ2) is 9.14. The summed E-state index contributed by atoms with van der Waals surface area (Å²) >= 11 is 0. The lowest BCUT2D eigenvalue weighted by Crippen LogP contribution is -2.59. The predicted octanol–water partition coefficient (Wildman–Crippen LogP) is 2.49. The number of hydrogen-bond donors (Lipinski definition) is 3. The molecular formula is C26H38F3N5O3. The van der Waals surface area contributed by atoms with Gasteiger partial charge >= 0.3 is 6.18 Å². The van der Waals surface area contributed by atoms with Crippen molar-refractivity contribution in [3.63, 3.8) is 0 Å². The van der Waals surface area contributed by atoms with Gasteiger partial charge in [0.15, 0.2) is 0 Å². The second-order valence-corrected chi connectivity index (χ2v) is 13.1. The molecule has 2 saturated heterocycles. The standard InChI is InChI=1S/C26H38F3N5O3/c1-23(2,3)19(31-13-26(27,28)29)22(37)34-12-16-17(24(16,4)5)18(34)21(36)32-15(11-30)9-14-10-25(7-6-8-25)33-20(14)35/h14-19,31H,6-10,12-13H2,1-5H3,(H,32,36)(H,33,35)/t14-,15+,16+,17+,18+,19-/m1/s1. The zero-order valence-corrected chi connectivity index (χ0v) is 22.2. The lowest BCUT2D eigenvalue weighted by atomic mass is 9.74. The van der Waals surface area contributed by atoms with Crippen molar-refractivity contribution in [2.45, 2.75) is 96.6 Å². The molecule has 11 heteroatoms. The van der Waals surface area contributed by atoms with Crippen molar-refractivity contribution < 1.29 is 27.6 Å². The molecule has 37 heavy (non-hydrogen) atoms. The van der Waals surface area contributed by atoms with Crippen molar-refractivity contribution in [1.82, 2.24) is 20.9 Å². The van der Waals surface area contributed by atoms with E-state index in [1.54, 1.807) is 20.8 Å². The fraction of sp³-hybridized carbons (Fsp3) is 0.846. The lowest BCUT2D eigenvalue weighted by Gasteiger charge is -2.38. The summed E-state index contributed by atoms with van der Waals surface area (Å²) in [7, 11) is 0. The first-order valence-corrected chi connectivity index (χ1v) is 13.1. The van der Waals surface area contributed by atoms with Crippen molar-refractivity contribution in [3.8, 4) is 6.07 Å². The van der Waals surface area contributed by atoms with Gasteiger partial charge in [-0.05, 0) is 54.8 Å². The number of nitriles is 1. The lowest BCUT2D eigenvalue weighted by molar-refractivity contribution is -0.147. The molecule has 2 aliphatic heterocycles. The molecule has 0 radical (unpaired) electrons. The smallest absolute Gasteiger partial charge is 0.350 e. The molecular weight excluding hydrogens is 487 g/mol. The van der Waals surface area contributed by atoms with Crippen molar-refractivity contribution >= 4 is 17.7 Å². The Morgan fingerprint density at radius 3 is 2.38 bits per heavy atom. The summed E-state index contributed by atoms with van der Waals surface area (Å²) in [5, 5.41) is 17.9. The SMILES string of the molecule is CC(C)(C)[C@H](NCC(F)(F)F)C(=O)N1C[C@H]2[C@@H]([C@H]1C(=O)N[C@H](C#N)C[C@@H]1CC3(CCC3)NC1=O)C2(C)C. The molecule has 3 N–H and O–H groups in total. The number of rotatable bonds is 7. The summed E-state index contributed by atoms with van der Waals surface area (Å²) in [4.78, 5) is 41.0. The third kappa shape index (κ3) is 5.31. The molecule has 3 amide bonds. The highest BCUT2D eigenvalue weighted by Crippen LogP contribution is 2.65. The molecule has 206 valence electrons. The monoisotopic (exact) mass is 525 g/mol. The first kappa shape index (κ1) is 27.7. The van der Waals surface area contributed by atoms with Gasteiger partial charge in [-0.3, -0.25) is 19.7 Å². The predicted molar refractivity (Wildman–Crippen MR) is 129 cm³/mol. The Kier molecular flexibility index (Phi) is 6.84. The van der Waals surface area contributed by atoms with Crippen LogP contribution in [0.3, 0.4) is 0 Å². The van der Waals surface area contributed by atoms with E-state index in [0.29, 0.717) is 6.42 Å². The number of piperidine rings is 1. The highest BCUT2D eigenvalue weighted by atomic mass is 19.4. The highest BCUT2D eigenvalue weighted by molar-refractivity contribution is 5.92. The summed E-state index contributed by atoms with van der Waals surface area (Å²) in [6.07, 6.45) is -0.751. The molecule has 0 aromatic heterocycles. The van der Waals surface area contributed by atoms with Gasteiger partial charge in [-0.2, -0.15) is 18.4 Å². The van der Waals surface area contributed by atoms with Gasteiger partial charge in [0.1, 0.15) is 12.1 Å². The molecule has 4 fully saturated rings. The molecule has 6 atom stereocenters. The number of carbonyl (C=O) groups excluding carboxylic acids is 3. The molecule has 8 nitrogen and oxygen atoms in total. The second-order valence-electron chi connectivity index (χ2n) is 13.1. The zero-order chi connectivity index (χ0) is 27.6. The fourth-order valence-corrected chi connectivity index (χ4v) is 6.75. The average Bonchev–Trinajstić information content (AvgIpc) is 3.09. The van der Waals surface area contributed by atoms with E-state index >= 15 is 0 Å². The van der Waals surface area contributed by atoms with E-state index in [4.69, 9.17) is 0 Å². The third-order valence-electron chi connectivity index (χ3n) is 9.08. The van der Waals surface area contributed by atoms with Crippen LogP contribution in [-0.4, -0.2) is 65.6 Å². The minimum atomic E-state index is -4.49. The molecule has 4 aliphatic rings. The summed E-state index contributed by atoms with van der Waals surface area (Å²) < 4.78 is 38.9. The third-order valence-corrected chi connectivity index (χ3v) is 9.08. The van der Waals surface area contributed by atoms with Crippen LogP contribution in [0.15, 0.2) is 0 Å². The summed E-state index contributed by atoms with van der Waals surface area (Å²) in [6, 6.07) is -0.832. The van der Waals surface area contributed by atoms with Crippen molar-refractivity contribution in [3.05, 3.63) is 0 Å². The largest absolute Gasteiger partial charge is 0.401 e. The topological polar surface area (TPSA) is 114 Å². The number of nitrogens with one attached hydrogen (secondary N) is 3. The number of alkyl halides is 3. The van der Waals surface area contributed by atoms with Gasteiger partial charge in [-0.15, -0.1) is 0 Å². The Morgan fingerprint density at radius 1 is 1.24 bits per heavy atom. The molecule has 2 aliphatic carbocycles. The Hall–Kier alpha value is -2.35. The summed E-state index contributed by atoms with van der Waals surface area (Å²) in [5.74, 6) is -1.59. The van der Waals surface area contributed by atoms with E-state index in [1.165, 1.54) is 4.90 Å². The Bertz CT molecular complexity index is 995. The van der Waals surface area contributed by atoms with Crippen LogP contribution < -0.4 is 16.0 Å². The van der Waals surface area contributed by atoms with Gasteiger partial charge in [0.2, 0.25) is 17.7 Å². The number of hydrogen-bond acceptors (Lipinski definition) is 5. The quantitative estimate of drug-likeness (QED) is 0.473. The first-order chi connectivity index (χ1) is 17.0. The molecule has 0 unspecified atom stereocenters. The maximum Gasteiger partial charge on any atom is 0.401 e. The Morgan fingerprint density at radius 2 is 1.89 bits per heavy atom. The van der Waals surface area contributed by atoms with E-state index < -0.39 is 48.1 Å².